The second-order valence-corrected chi connectivity index (χ2v) is 7.44. The van der Waals surface area contributed by atoms with Crippen LogP contribution in [-0.4, -0.2) is 20.4 Å². The summed E-state index contributed by atoms with van der Waals surface area (Å²) < 4.78 is 39.7. The maximum absolute atomic E-state index is 13.2. The van der Waals surface area contributed by atoms with Crippen LogP contribution in [0.25, 0.3) is 0 Å². The minimum absolute atomic E-state index is 0.0781. The number of fused-ring (bicyclic) bond motifs is 1. The van der Waals surface area contributed by atoms with Gasteiger partial charge in [0.25, 0.3) is 10.0 Å². The van der Waals surface area contributed by atoms with Gasteiger partial charge in [-0.15, -0.1) is 0 Å². The molecule has 2 saturated carbocycles. The zero-order valence-corrected chi connectivity index (χ0v) is 11.5. The molecule has 1 aromatic rings. The molecule has 2 N–H and O–H groups in total. The summed E-state index contributed by atoms with van der Waals surface area (Å²) in [5.74, 6) is -0.329. The van der Waals surface area contributed by atoms with Gasteiger partial charge >= 0.3 is 0 Å². The van der Waals surface area contributed by atoms with E-state index >= 15 is 0 Å². The van der Waals surface area contributed by atoms with E-state index in [9.17, 15) is 12.8 Å². The zero-order chi connectivity index (χ0) is 14.0. The van der Waals surface area contributed by atoms with E-state index in [2.05, 4.69) is 15.0 Å². The molecule has 1 unspecified atom stereocenters. The molecule has 1 heterocycles. The van der Waals surface area contributed by atoms with Crippen molar-refractivity contribution < 1.29 is 12.8 Å². The van der Waals surface area contributed by atoms with Crippen molar-refractivity contribution in [1.29, 1.82) is 0 Å². The Kier molecular flexibility index (Phi) is 2.26. The van der Waals surface area contributed by atoms with Crippen molar-refractivity contribution >= 4 is 21.7 Å². The van der Waals surface area contributed by atoms with Crippen molar-refractivity contribution in [2.45, 2.75) is 36.6 Å². The Morgan fingerprint density at radius 1 is 1.35 bits per heavy atom. The van der Waals surface area contributed by atoms with Crippen LogP contribution in [0.15, 0.2) is 28.1 Å². The van der Waals surface area contributed by atoms with Gasteiger partial charge in [0.2, 0.25) is 5.96 Å². The summed E-state index contributed by atoms with van der Waals surface area (Å²) in [6, 6.07) is 3.87. The van der Waals surface area contributed by atoms with Crippen molar-refractivity contribution in [2.24, 2.45) is 10.4 Å². The lowest BCUT2D eigenvalue weighted by molar-refractivity contribution is 0.278. The smallest absolute Gasteiger partial charge is 0.266 e. The van der Waals surface area contributed by atoms with Gasteiger partial charge in [-0.25, -0.2) is 22.5 Å². The third kappa shape index (κ3) is 1.72. The fourth-order valence-electron chi connectivity index (χ4n) is 3.05. The van der Waals surface area contributed by atoms with E-state index in [0.717, 1.165) is 12.5 Å². The van der Waals surface area contributed by atoms with Gasteiger partial charge in [-0.3, -0.25) is 0 Å². The van der Waals surface area contributed by atoms with E-state index in [4.69, 9.17) is 0 Å². The van der Waals surface area contributed by atoms with Crippen LogP contribution in [0.2, 0.25) is 0 Å². The molecule has 1 spiro atoms. The number of sulfonamides is 1. The molecular formula is C13H14FN3O2S. The molecule has 106 valence electrons. The van der Waals surface area contributed by atoms with Crippen LogP contribution in [0.5, 0.6) is 0 Å². The summed E-state index contributed by atoms with van der Waals surface area (Å²) in [6.45, 7) is 0. The third-order valence-electron chi connectivity index (χ3n) is 4.50. The summed E-state index contributed by atoms with van der Waals surface area (Å²) >= 11 is 0. The molecule has 3 aliphatic rings. The lowest BCUT2D eigenvalue weighted by Gasteiger charge is -2.26. The second kappa shape index (κ2) is 3.72. The first-order chi connectivity index (χ1) is 9.48. The second-order valence-electron chi connectivity index (χ2n) is 5.78. The lowest BCUT2D eigenvalue weighted by atomic mass is 9.81. The molecule has 1 aliphatic heterocycles. The van der Waals surface area contributed by atoms with Gasteiger partial charge in [-0.1, -0.05) is 6.42 Å². The molecule has 2 aliphatic carbocycles. The SMILES string of the molecule is O=S1(=O)NC(=NC2CC23CCC3)Nc2ccc(F)cc21. The summed E-state index contributed by atoms with van der Waals surface area (Å²) in [5.41, 5.74) is 0.704. The maximum atomic E-state index is 13.2. The first kappa shape index (κ1) is 12.1. The van der Waals surface area contributed by atoms with E-state index < -0.39 is 15.8 Å². The fraction of sp³-hybridized carbons (Fsp3) is 0.462. The predicted octanol–water partition coefficient (Wildman–Crippen LogP) is 1.83. The minimum Gasteiger partial charge on any atom is -0.324 e. The number of halogens is 1. The van der Waals surface area contributed by atoms with Gasteiger partial charge in [-0.2, -0.15) is 0 Å². The minimum atomic E-state index is -3.74. The topological polar surface area (TPSA) is 70.6 Å². The number of guanidine groups is 1. The fourth-order valence-corrected chi connectivity index (χ4v) is 4.19. The molecule has 0 radical (unpaired) electrons. The van der Waals surface area contributed by atoms with Gasteiger partial charge in [-0.05, 0) is 42.9 Å². The van der Waals surface area contributed by atoms with E-state index in [1.165, 1.54) is 31.4 Å². The molecule has 0 amide bonds. The number of anilines is 1. The number of rotatable bonds is 1. The monoisotopic (exact) mass is 295 g/mol. The molecule has 1 aromatic carbocycles. The van der Waals surface area contributed by atoms with Crippen molar-refractivity contribution in [3.63, 3.8) is 0 Å². The molecule has 5 nitrogen and oxygen atoms in total. The molecule has 0 bridgehead atoms. The zero-order valence-electron chi connectivity index (χ0n) is 10.7. The number of benzene rings is 1. The van der Waals surface area contributed by atoms with Crippen molar-refractivity contribution in [1.82, 2.24) is 4.72 Å². The summed E-state index contributed by atoms with van der Waals surface area (Å²) in [4.78, 5) is 4.38. The quantitative estimate of drug-likeness (QED) is 0.830. The van der Waals surface area contributed by atoms with Gasteiger partial charge in [0.15, 0.2) is 0 Å². The lowest BCUT2D eigenvalue weighted by Crippen LogP contribution is -2.41. The van der Waals surface area contributed by atoms with Crippen LogP contribution in [0.4, 0.5) is 10.1 Å². The first-order valence-electron chi connectivity index (χ1n) is 6.66. The Balaban J connectivity index is 1.67. The van der Waals surface area contributed by atoms with E-state index in [-0.39, 0.29) is 16.9 Å². The van der Waals surface area contributed by atoms with Crippen LogP contribution < -0.4 is 10.0 Å². The molecule has 0 saturated heterocycles. The van der Waals surface area contributed by atoms with Crippen molar-refractivity contribution in [2.75, 3.05) is 5.32 Å². The predicted molar refractivity (Wildman–Crippen MR) is 72.5 cm³/mol. The molecule has 1 atom stereocenters. The van der Waals surface area contributed by atoms with E-state index in [0.29, 0.717) is 11.1 Å². The Morgan fingerprint density at radius 3 is 2.80 bits per heavy atom. The molecule has 0 aromatic heterocycles. The number of hydrogen-bond acceptors (Lipinski definition) is 3. The normalized spacial score (nSPS) is 30.1. The van der Waals surface area contributed by atoms with Gasteiger partial charge in [0, 0.05) is 0 Å². The average molecular weight is 295 g/mol. The number of nitrogens with zero attached hydrogens (tertiary/aromatic N) is 1. The standard InChI is InChI=1S/C13H14FN3O2S/c14-8-2-3-9-10(6-8)20(18,19)17-12(15-9)16-11-7-13(11)4-1-5-13/h2-3,6,11H,1,4-5,7H2,(H2,15,16,17). The van der Waals surface area contributed by atoms with Gasteiger partial charge in [0.05, 0.1) is 11.7 Å². The molecule has 2 fully saturated rings. The molecule has 4 rings (SSSR count). The number of hydrogen-bond donors (Lipinski definition) is 2. The third-order valence-corrected chi connectivity index (χ3v) is 5.88. The highest BCUT2D eigenvalue weighted by atomic mass is 32.2. The Hall–Kier alpha value is -1.63. The van der Waals surface area contributed by atoms with Gasteiger partial charge < -0.3 is 5.32 Å². The number of aliphatic imine (C=N–C) groups is 1. The van der Waals surface area contributed by atoms with Crippen LogP contribution in [-0.2, 0) is 10.0 Å². The van der Waals surface area contributed by atoms with Gasteiger partial charge in [0.1, 0.15) is 10.7 Å². The highest BCUT2D eigenvalue weighted by Gasteiger charge is 2.58. The Labute approximate surface area is 116 Å². The van der Waals surface area contributed by atoms with E-state index in [1.807, 2.05) is 0 Å². The van der Waals surface area contributed by atoms with Crippen molar-refractivity contribution in [3.05, 3.63) is 24.0 Å². The summed E-state index contributed by atoms with van der Waals surface area (Å²) in [6.07, 6.45) is 4.64. The van der Waals surface area contributed by atoms with Crippen molar-refractivity contribution in [3.8, 4) is 0 Å². The summed E-state index contributed by atoms with van der Waals surface area (Å²) in [5, 5.41) is 2.93. The highest BCUT2D eigenvalue weighted by molar-refractivity contribution is 7.90. The Morgan fingerprint density at radius 2 is 2.15 bits per heavy atom. The molecule has 7 heteroatoms. The largest absolute Gasteiger partial charge is 0.324 e. The van der Waals surface area contributed by atoms with Crippen LogP contribution in [0.3, 0.4) is 0 Å². The maximum Gasteiger partial charge on any atom is 0.266 e. The Bertz CT molecular complexity index is 725. The summed E-state index contributed by atoms with van der Waals surface area (Å²) in [7, 11) is -3.74. The number of nitrogens with one attached hydrogen (secondary N) is 2. The molecular weight excluding hydrogens is 281 g/mol. The van der Waals surface area contributed by atoms with Crippen LogP contribution in [0.1, 0.15) is 25.7 Å². The van der Waals surface area contributed by atoms with Crippen LogP contribution >= 0.6 is 0 Å². The van der Waals surface area contributed by atoms with Crippen LogP contribution in [0, 0.1) is 11.2 Å². The molecule has 20 heavy (non-hydrogen) atoms. The van der Waals surface area contributed by atoms with E-state index in [1.54, 1.807) is 0 Å². The highest BCUT2D eigenvalue weighted by Crippen LogP contribution is 2.62. The first-order valence-corrected chi connectivity index (χ1v) is 8.14. The average Bonchev–Trinajstić information content (AvgIpc) is 3.04.